The summed E-state index contributed by atoms with van der Waals surface area (Å²) in [7, 11) is 0. The number of rotatable bonds is 4. The van der Waals surface area contributed by atoms with Crippen LogP contribution in [-0.2, 0) is 0 Å². The molecule has 4 nitrogen and oxygen atoms in total. The minimum atomic E-state index is -0.282. The maximum absolute atomic E-state index is 13.2. The van der Waals surface area contributed by atoms with Gasteiger partial charge in [-0.3, -0.25) is 0 Å². The minimum absolute atomic E-state index is 0.139. The topological polar surface area (TPSA) is 41.9 Å². The van der Waals surface area contributed by atoms with Gasteiger partial charge in [-0.1, -0.05) is 0 Å². The Kier molecular flexibility index (Phi) is 4.49. The average Bonchev–Trinajstić information content (AvgIpc) is 2.39. The van der Waals surface area contributed by atoms with Crippen molar-refractivity contribution in [3.05, 3.63) is 34.9 Å². The maximum Gasteiger partial charge on any atom is 0.230 e. The Hall–Kier alpha value is -1.75. The van der Waals surface area contributed by atoms with Crippen LogP contribution in [0.1, 0.15) is 19.4 Å². The molecule has 1 heterocycles. The van der Waals surface area contributed by atoms with Gasteiger partial charge in [-0.15, -0.1) is 0 Å². The Morgan fingerprint density at radius 3 is 2.45 bits per heavy atom. The van der Waals surface area contributed by atoms with Crippen molar-refractivity contribution < 1.29 is 4.39 Å². The van der Waals surface area contributed by atoms with Gasteiger partial charge in [0.05, 0.1) is 0 Å². The first-order valence-electron chi connectivity index (χ1n) is 6.48. The molecule has 20 heavy (non-hydrogen) atoms. The Bertz CT molecular complexity index is 614. The van der Waals surface area contributed by atoms with Gasteiger partial charge < -0.3 is 4.90 Å². The molecule has 0 atom stereocenters. The van der Waals surface area contributed by atoms with Crippen LogP contribution in [0.2, 0.25) is 5.28 Å². The molecule has 0 amide bonds. The highest BCUT2D eigenvalue weighted by Gasteiger charge is 2.13. The Morgan fingerprint density at radius 2 is 1.85 bits per heavy atom. The zero-order chi connectivity index (χ0) is 14.7. The summed E-state index contributed by atoms with van der Waals surface area (Å²) in [6.45, 7) is 7.40. The summed E-state index contributed by atoms with van der Waals surface area (Å²) in [5, 5.41) is 0.139. The third-order valence-electron chi connectivity index (χ3n) is 3.07. The summed E-state index contributed by atoms with van der Waals surface area (Å²) >= 11 is 5.98. The van der Waals surface area contributed by atoms with Crippen LogP contribution in [0, 0.1) is 12.7 Å². The Labute approximate surface area is 122 Å². The smallest absolute Gasteiger partial charge is 0.230 e. The van der Waals surface area contributed by atoms with E-state index in [9.17, 15) is 4.39 Å². The normalized spacial score (nSPS) is 10.7. The van der Waals surface area contributed by atoms with Crippen molar-refractivity contribution in [2.75, 3.05) is 18.0 Å². The van der Waals surface area contributed by atoms with Gasteiger partial charge in [0.1, 0.15) is 5.82 Å². The highest BCUT2D eigenvalue weighted by Crippen LogP contribution is 2.23. The van der Waals surface area contributed by atoms with Crippen LogP contribution in [0.3, 0.4) is 0 Å². The fourth-order valence-corrected chi connectivity index (χ4v) is 2.14. The number of hydrogen-bond donors (Lipinski definition) is 0. The van der Waals surface area contributed by atoms with Crippen LogP contribution in [0.25, 0.3) is 11.4 Å². The molecule has 0 unspecified atom stereocenters. The van der Waals surface area contributed by atoms with E-state index in [4.69, 9.17) is 11.6 Å². The number of anilines is 1. The van der Waals surface area contributed by atoms with E-state index in [1.54, 1.807) is 6.07 Å². The van der Waals surface area contributed by atoms with E-state index in [0.29, 0.717) is 11.8 Å². The van der Waals surface area contributed by atoms with E-state index in [1.807, 2.05) is 25.7 Å². The van der Waals surface area contributed by atoms with Gasteiger partial charge in [-0.2, -0.15) is 15.0 Å². The maximum atomic E-state index is 13.2. The predicted molar refractivity (Wildman–Crippen MR) is 78.5 cm³/mol. The van der Waals surface area contributed by atoms with Crippen molar-refractivity contribution >= 4 is 17.5 Å². The molecule has 106 valence electrons. The lowest BCUT2D eigenvalue weighted by molar-refractivity contribution is 0.627. The van der Waals surface area contributed by atoms with Crippen molar-refractivity contribution in [1.82, 2.24) is 15.0 Å². The van der Waals surface area contributed by atoms with Gasteiger partial charge in [0.25, 0.3) is 0 Å². The summed E-state index contributed by atoms with van der Waals surface area (Å²) in [5.41, 5.74) is 1.52. The van der Waals surface area contributed by atoms with E-state index >= 15 is 0 Å². The van der Waals surface area contributed by atoms with Crippen molar-refractivity contribution in [3.63, 3.8) is 0 Å². The number of hydrogen-bond acceptors (Lipinski definition) is 4. The molecule has 1 aromatic carbocycles. The molecule has 0 N–H and O–H groups in total. The third kappa shape index (κ3) is 3.04. The second-order valence-corrected chi connectivity index (χ2v) is 4.70. The number of aromatic nitrogens is 3. The molecule has 6 heteroatoms. The highest BCUT2D eigenvalue weighted by molar-refractivity contribution is 6.28. The van der Waals surface area contributed by atoms with Crippen molar-refractivity contribution in [3.8, 4) is 11.4 Å². The van der Waals surface area contributed by atoms with Crippen molar-refractivity contribution in [2.24, 2.45) is 0 Å². The van der Waals surface area contributed by atoms with Gasteiger partial charge in [0, 0.05) is 18.7 Å². The van der Waals surface area contributed by atoms with E-state index in [2.05, 4.69) is 15.0 Å². The molecule has 0 saturated carbocycles. The van der Waals surface area contributed by atoms with Crippen LogP contribution in [-0.4, -0.2) is 28.0 Å². The summed E-state index contributed by atoms with van der Waals surface area (Å²) < 4.78 is 13.2. The monoisotopic (exact) mass is 294 g/mol. The molecule has 2 aromatic rings. The van der Waals surface area contributed by atoms with Crippen LogP contribution >= 0.6 is 11.6 Å². The molecule has 1 aromatic heterocycles. The van der Waals surface area contributed by atoms with Gasteiger partial charge in [0.2, 0.25) is 11.2 Å². The molecule has 0 aliphatic carbocycles. The van der Waals surface area contributed by atoms with Crippen molar-refractivity contribution in [2.45, 2.75) is 20.8 Å². The standard InChI is InChI=1S/C14H16ClFN4/c1-4-20(5-2)14-18-12(17-13(15)19-14)11-7-6-10(16)8-9(11)3/h6-8H,4-5H2,1-3H3. The molecule has 0 radical (unpaired) electrons. The predicted octanol–water partition coefficient (Wildman–Crippen LogP) is 3.49. The fraction of sp³-hybridized carbons (Fsp3) is 0.357. The largest absolute Gasteiger partial charge is 0.341 e. The fourth-order valence-electron chi connectivity index (χ4n) is 1.99. The lowest BCUT2D eigenvalue weighted by atomic mass is 10.1. The number of aryl methyl sites for hydroxylation is 1. The third-order valence-corrected chi connectivity index (χ3v) is 3.24. The Morgan fingerprint density at radius 1 is 1.15 bits per heavy atom. The van der Waals surface area contributed by atoms with Gasteiger partial charge >= 0.3 is 0 Å². The number of benzene rings is 1. The molecule has 2 rings (SSSR count). The van der Waals surface area contributed by atoms with E-state index < -0.39 is 0 Å². The van der Waals surface area contributed by atoms with E-state index in [-0.39, 0.29) is 11.1 Å². The molecule has 0 aliphatic heterocycles. The molecule has 0 bridgehead atoms. The molecule has 0 spiro atoms. The molecule has 0 aliphatic rings. The van der Waals surface area contributed by atoms with Crippen LogP contribution in [0.4, 0.5) is 10.3 Å². The van der Waals surface area contributed by atoms with E-state index in [0.717, 1.165) is 24.2 Å². The second-order valence-electron chi connectivity index (χ2n) is 4.36. The summed E-state index contributed by atoms with van der Waals surface area (Å²) in [5.74, 6) is 0.716. The first-order chi connectivity index (χ1) is 9.55. The molecule has 0 saturated heterocycles. The number of nitrogens with zero attached hydrogens (tertiary/aromatic N) is 4. The van der Waals surface area contributed by atoms with Crippen molar-refractivity contribution in [1.29, 1.82) is 0 Å². The quantitative estimate of drug-likeness (QED) is 0.866. The van der Waals surface area contributed by atoms with Crippen LogP contribution in [0.5, 0.6) is 0 Å². The first kappa shape index (κ1) is 14.7. The summed E-state index contributed by atoms with van der Waals surface area (Å²) in [6.07, 6.45) is 0. The zero-order valence-electron chi connectivity index (χ0n) is 11.7. The zero-order valence-corrected chi connectivity index (χ0v) is 12.4. The summed E-state index contributed by atoms with van der Waals surface area (Å²) in [4.78, 5) is 14.7. The minimum Gasteiger partial charge on any atom is -0.341 e. The molecular formula is C14H16ClFN4. The van der Waals surface area contributed by atoms with Crippen LogP contribution in [0.15, 0.2) is 18.2 Å². The van der Waals surface area contributed by atoms with Crippen LogP contribution < -0.4 is 4.90 Å². The molecule has 0 fully saturated rings. The Balaban J connectivity index is 2.51. The lowest BCUT2D eigenvalue weighted by Crippen LogP contribution is -2.24. The average molecular weight is 295 g/mol. The van der Waals surface area contributed by atoms with E-state index in [1.165, 1.54) is 12.1 Å². The van der Waals surface area contributed by atoms with Gasteiger partial charge in [0.15, 0.2) is 5.82 Å². The van der Waals surface area contributed by atoms with Gasteiger partial charge in [-0.25, -0.2) is 4.39 Å². The lowest BCUT2D eigenvalue weighted by Gasteiger charge is -2.19. The number of halogens is 2. The van der Waals surface area contributed by atoms with Gasteiger partial charge in [-0.05, 0) is 56.1 Å². The highest BCUT2D eigenvalue weighted by atomic mass is 35.5. The molecular weight excluding hydrogens is 279 g/mol. The summed E-state index contributed by atoms with van der Waals surface area (Å²) in [6, 6.07) is 4.49. The SMILES string of the molecule is CCN(CC)c1nc(Cl)nc(-c2ccc(F)cc2C)n1. The first-order valence-corrected chi connectivity index (χ1v) is 6.86. The second kappa shape index (κ2) is 6.13.